The van der Waals surface area contributed by atoms with E-state index in [1.165, 1.54) is 0 Å². The highest BCUT2D eigenvalue weighted by atomic mass is 16.3. The summed E-state index contributed by atoms with van der Waals surface area (Å²) in [6.07, 6.45) is 6.78. The van der Waals surface area contributed by atoms with E-state index in [0.717, 1.165) is 43.5 Å². The molecule has 1 aliphatic heterocycles. The van der Waals surface area contributed by atoms with Gasteiger partial charge < -0.3 is 19.2 Å². The summed E-state index contributed by atoms with van der Waals surface area (Å²) in [5, 5.41) is 3.25. The number of rotatable bonds is 4. The summed E-state index contributed by atoms with van der Waals surface area (Å²) in [4.78, 5) is 28.3. The third-order valence-electron chi connectivity index (χ3n) is 6.34. The predicted octanol–water partition coefficient (Wildman–Crippen LogP) is 3.55. The smallest absolute Gasteiger partial charge is 0.271 e. The number of amides is 2. The lowest BCUT2D eigenvalue weighted by atomic mass is 9.86. The van der Waals surface area contributed by atoms with E-state index in [4.69, 9.17) is 4.42 Å². The Morgan fingerprint density at radius 2 is 2.07 bits per heavy atom. The number of nitrogens with zero attached hydrogens (tertiary/aromatic N) is 2. The van der Waals surface area contributed by atoms with Crippen LogP contribution in [0.3, 0.4) is 0 Å². The Hall–Kier alpha value is -2.24. The van der Waals surface area contributed by atoms with Crippen molar-refractivity contribution in [2.75, 3.05) is 6.54 Å². The largest absolute Gasteiger partial charge is 0.463 e. The molecule has 146 valence electrons. The van der Waals surface area contributed by atoms with Crippen LogP contribution >= 0.6 is 0 Å². The SMILES string of the molecule is CCCN1C(=O)c2cc3occc3n2C[C@@]1(C)C(=O)NC1CCC(C)CC1. The van der Waals surface area contributed by atoms with Crippen LogP contribution in [0.2, 0.25) is 0 Å². The van der Waals surface area contributed by atoms with Crippen molar-refractivity contribution in [2.45, 2.75) is 71.0 Å². The Morgan fingerprint density at radius 1 is 1.33 bits per heavy atom. The summed E-state index contributed by atoms with van der Waals surface area (Å²) in [5.74, 6) is 0.600. The Bertz CT molecular complexity index is 859. The third-order valence-corrected chi connectivity index (χ3v) is 6.34. The molecular formula is C21H29N3O3. The first-order chi connectivity index (χ1) is 12.9. The molecule has 1 fully saturated rings. The molecule has 6 heteroatoms. The van der Waals surface area contributed by atoms with E-state index in [2.05, 4.69) is 12.2 Å². The molecule has 0 aromatic carbocycles. The zero-order valence-electron chi connectivity index (χ0n) is 16.5. The number of carbonyl (C=O) groups is 2. The zero-order valence-corrected chi connectivity index (χ0v) is 16.5. The summed E-state index contributed by atoms with van der Waals surface area (Å²) in [6, 6.07) is 3.87. The highest BCUT2D eigenvalue weighted by molar-refractivity contribution is 6.02. The van der Waals surface area contributed by atoms with Crippen molar-refractivity contribution >= 4 is 22.9 Å². The molecule has 0 radical (unpaired) electrons. The number of furan rings is 1. The van der Waals surface area contributed by atoms with Gasteiger partial charge >= 0.3 is 0 Å². The Kier molecular flexibility index (Phi) is 4.52. The maximum absolute atomic E-state index is 13.4. The normalized spacial score (nSPS) is 28.4. The molecule has 27 heavy (non-hydrogen) atoms. The molecule has 1 N–H and O–H groups in total. The molecule has 2 aromatic rings. The standard InChI is InChI=1S/C21H29N3O3/c1-4-10-24-19(25)17-12-18-16(9-11-27-18)23(17)13-21(24,3)20(26)22-15-7-5-14(2)6-8-15/h9,11-12,14-15H,4-8,10,13H2,1-3H3,(H,22,26)/t14?,15?,21-/m0/s1. The number of hydrogen-bond acceptors (Lipinski definition) is 3. The van der Waals surface area contributed by atoms with Gasteiger partial charge in [-0.05, 0) is 44.9 Å². The van der Waals surface area contributed by atoms with Gasteiger partial charge in [-0.15, -0.1) is 0 Å². The van der Waals surface area contributed by atoms with E-state index in [0.29, 0.717) is 24.4 Å². The monoisotopic (exact) mass is 371 g/mol. The average molecular weight is 371 g/mol. The van der Waals surface area contributed by atoms with Gasteiger partial charge in [0, 0.05) is 24.7 Å². The molecule has 1 atom stereocenters. The molecule has 0 saturated heterocycles. The molecule has 2 aliphatic rings. The summed E-state index contributed by atoms with van der Waals surface area (Å²) < 4.78 is 7.42. The van der Waals surface area contributed by atoms with E-state index in [1.807, 2.05) is 24.5 Å². The molecule has 2 amide bonds. The van der Waals surface area contributed by atoms with E-state index < -0.39 is 5.54 Å². The average Bonchev–Trinajstić information content (AvgIpc) is 3.23. The lowest BCUT2D eigenvalue weighted by Crippen LogP contribution is -2.65. The van der Waals surface area contributed by atoms with E-state index in [9.17, 15) is 9.59 Å². The summed E-state index contributed by atoms with van der Waals surface area (Å²) in [7, 11) is 0. The van der Waals surface area contributed by atoms with Crippen molar-refractivity contribution in [2.24, 2.45) is 5.92 Å². The van der Waals surface area contributed by atoms with Crippen LogP contribution in [0.15, 0.2) is 22.8 Å². The van der Waals surface area contributed by atoms with E-state index in [-0.39, 0.29) is 17.9 Å². The van der Waals surface area contributed by atoms with E-state index in [1.54, 1.807) is 17.2 Å². The van der Waals surface area contributed by atoms with Crippen LogP contribution in [0.4, 0.5) is 0 Å². The molecule has 0 bridgehead atoms. The molecule has 1 aliphatic carbocycles. The fourth-order valence-corrected chi connectivity index (χ4v) is 4.59. The molecule has 0 unspecified atom stereocenters. The van der Waals surface area contributed by atoms with Crippen LogP contribution in [0.5, 0.6) is 0 Å². The molecule has 0 spiro atoms. The minimum Gasteiger partial charge on any atom is -0.463 e. The maximum atomic E-state index is 13.4. The van der Waals surface area contributed by atoms with Gasteiger partial charge in [0.2, 0.25) is 5.91 Å². The third kappa shape index (κ3) is 2.95. The number of hydrogen-bond donors (Lipinski definition) is 1. The Morgan fingerprint density at radius 3 is 2.78 bits per heavy atom. The predicted molar refractivity (Wildman–Crippen MR) is 103 cm³/mol. The molecule has 4 rings (SSSR count). The molecule has 1 saturated carbocycles. The van der Waals surface area contributed by atoms with Gasteiger partial charge in [-0.25, -0.2) is 0 Å². The Balaban J connectivity index is 1.65. The van der Waals surface area contributed by atoms with Crippen molar-refractivity contribution in [3.63, 3.8) is 0 Å². The second-order valence-corrected chi connectivity index (χ2v) is 8.45. The van der Waals surface area contributed by atoms with Crippen LogP contribution in [-0.4, -0.2) is 39.4 Å². The van der Waals surface area contributed by atoms with Crippen molar-refractivity contribution < 1.29 is 14.0 Å². The summed E-state index contributed by atoms with van der Waals surface area (Å²) in [5.41, 5.74) is 1.28. The first kappa shape index (κ1) is 18.1. The number of fused-ring (bicyclic) bond motifs is 3. The van der Waals surface area contributed by atoms with E-state index >= 15 is 0 Å². The minimum atomic E-state index is -0.896. The van der Waals surface area contributed by atoms with Gasteiger partial charge in [-0.1, -0.05) is 13.8 Å². The number of nitrogens with one attached hydrogen (secondary N) is 1. The van der Waals surface area contributed by atoms with Crippen LogP contribution in [0.25, 0.3) is 11.1 Å². The van der Waals surface area contributed by atoms with Gasteiger partial charge in [0.1, 0.15) is 11.2 Å². The van der Waals surface area contributed by atoms with Gasteiger partial charge in [-0.3, -0.25) is 9.59 Å². The quantitative estimate of drug-likeness (QED) is 0.894. The van der Waals surface area contributed by atoms with Crippen molar-refractivity contribution in [1.29, 1.82) is 0 Å². The van der Waals surface area contributed by atoms with Crippen molar-refractivity contribution in [1.82, 2.24) is 14.8 Å². The second kappa shape index (κ2) is 6.73. The maximum Gasteiger partial charge on any atom is 0.271 e. The fourth-order valence-electron chi connectivity index (χ4n) is 4.59. The van der Waals surface area contributed by atoms with Crippen LogP contribution in [0, 0.1) is 5.92 Å². The van der Waals surface area contributed by atoms with Crippen LogP contribution in [0.1, 0.15) is 63.4 Å². The second-order valence-electron chi connectivity index (χ2n) is 8.45. The highest BCUT2D eigenvalue weighted by Crippen LogP contribution is 2.33. The molecule has 3 heterocycles. The van der Waals surface area contributed by atoms with Crippen molar-refractivity contribution in [3.05, 3.63) is 24.1 Å². The topological polar surface area (TPSA) is 67.5 Å². The minimum absolute atomic E-state index is 0.0418. The van der Waals surface area contributed by atoms with Gasteiger partial charge in [0.05, 0.1) is 18.3 Å². The molecule has 2 aromatic heterocycles. The van der Waals surface area contributed by atoms with Gasteiger partial charge in [0.25, 0.3) is 5.91 Å². The molecular weight excluding hydrogens is 342 g/mol. The van der Waals surface area contributed by atoms with Gasteiger partial charge in [-0.2, -0.15) is 0 Å². The Labute approximate surface area is 159 Å². The van der Waals surface area contributed by atoms with Crippen LogP contribution in [-0.2, 0) is 11.3 Å². The van der Waals surface area contributed by atoms with Crippen LogP contribution < -0.4 is 5.32 Å². The fraction of sp³-hybridized carbons (Fsp3) is 0.619. The number of aromatic nitrogens is 1. The first-order valence-electron chi connectivity index (χ1n) is 10.1. The zero-order chi connectivity index (χ0) is 19.2. The first-order valence-corrected chi connectivity index (χ1v) is 10.1. The van der Waals surface area contributed by atoms with Crippen molar-refractivity contribution in [3.8, 4) is 0 Å². The summed E-state index contributed by atoms with van der Waals surface area (Å²) in [6.45, 7) is 7.22. The summed E-state index contributed by atoms with van der Waals surface area (Å²) >= 11 is 0. The highest BCUT2D eigenvalue weighted by Gasteiger charge is 2.48. The lowest BCUT2D eigenvalue weighted by Gasteiger charge is -2.44. The molecule has 6 nitrogen and oxygen atoms in total. The number of carbonyl (C=O) groups excluding carboxylic acids is 2. The van der Waals surface area contributed by atoms with Gasteiger partial charge in [0.15, 0.2) is 5.58 Å². The lowest BCUT2D eigenvalue weighted by molar-refractivity contribution is -0.133.